The minimum atomic E-state index is -0.714. The number of carboxylic acid groups (broad SMARTS) is 1. The van der Waals surface area contributed by atoms with Crippen LogP contribution < -0.4 is 4.74 Å². The molecule has 1 heterocycles. The molecule has 0 unspecified atom stereocenters. The van der Waals surface area contributed by atoms with Crippen LogP contribution in [0.15, 0.2) is 18.2 Å². The zero-order chi connectivity index (χ0) is 13.0. The van der Waals surface area contributed by atoms with Crippen molar-refractivity contribution < 1.29 is 14.6 Å². The standard InChI is InChI=1S/C15H18O3/c1-14(2)8-10-3-4-11(7-12(10)18-14)15(5-6-15)9-13(16)17/h3-4,7H,5-6,8-9H2,1-2H3,(H,16,17). The fourth-order valence-electron chi connectivity index (χ4n) is 2.93. The maximum absolute atomic E-state index is 10.9. The van der Waals surface area contributed by atoms with E-state index >= 15 is 0 Å². The van der Waals surface area contributed by atoms with Crippen molar-refractivity contribution in [2.75, 3.05) is 0 Å². The van der Waals surface area contributed by atoms with Crippen LogP contribution in [0.5, 0.6) is 5.75 Å². The van der Waals surface area contributed by atoms with Crippen molar-refractivity contribution in [2.24, 2.45) is 0 Å². The first-order valence-electron chi connectivity index (χ1n) is 6.45. The molecule has 0 atom stereocenters. The maximum atomic E-state index is 10.9. The Morgan fingerprint density at radius 2 is 2.11 bits per heavy atom. The monoisotopic (exact) mass is 246 g/mol. The number of aliphatic carboxylic acids is 1. The summed E-state index contributed by atoms with van der Waals surface area (Å²) in [5.74, 6) is 0.225. The Hall–Kier alpha value is -1.51. The average molecular weight is 246 g/mol. The van der Waals surface area contributed by atoms with E-state index in [9.17, 15) is 4.79 Å². The van der Waals surface area contributed by atoms with Crippen molar-refractivity contribution in [2.45, 2.75) is 50.5 Å². The molecule has 0 aromatic heterocycles. The third-order valence-electron chi connectivity index (χ3n) is 4.03. The molecule has 96 valence electrons. The molecule has 0 spiro atoms. The number of carbonyl (C=O) groups is 1. The number of carboxylic acids is 1. The van der Waals surface area contributed by atoms with Gasteiger partial charge < -0.3 is 9.84 Å². The molecule has 0 radical (unpaired) electrons. The van der Waals surface area contributed by atoms with Gasteiger partial charge in [-0.05, 0) is 43.9 Å². The van der Waals surface area contributed by atoms with Crippen molar-refractivity contribution in [1.82, 2.24) is 0 Å². The van der Waals surface area contributed by atoms with Gasteiger partial charge in [-0.25, -0.2) is 0 Å². The Balaban J connectivity index is 1.91. The van der Waals surface area contributed by atoms with Crippen LogP contribution in [0.2, 0.25) is 0 Å². The summed E-state index contributed by atoms with van der Waals surface area (Å²) in [6, 6.07) is 6.24. The Morgan fingerprint density at radius 3 is 2.72 bits per heavy atom. The number of fused-ring (bicyclic) bond motifs is 1. The normalized spacial score (nSPS) is 22.1. The molecule has 1 saturated carbocycles. The lowest BCUT2D eigenvalue weighted by molar-refractivity contribution is -0.137. The van der Waals surface area contributed by atoms with Crippen molar-refractivity contribution >= 4 is 5.97 Å². The number of hydrogen-bond acceptors (Lipinski definition) is 2. The number of rotatable bonds is 3. The molecular weight excluding hydrogens is 228 g/mol. The van der Waals surface area contributed by atoms with Crippen LogP contribution >= 0.6 is 0 Å². The van der Waals surface area contributed by atoms with Gasteiger partial charge in [-0.3, -0.25) is 4.79 Å². The third kappa shape index (κ3) is 1.88. The Labute approximate surface area is 107 Å². The van der Waals surface area contributed by atoms with E-state index in [0.29, 0.717) is 0 Å². The first-order chi connectivity index (χ1) is 8.40. The summed E-state index contributed by atoms with van der Waals surface area (Å²) in [6.07, 6.45) is 3.10. The fourth-order valence-corrected chi connectivity index (χ4v) is 2.93. The van der Waals surface area contributed by atoms with E-state index in [2.05, 4.69) is 32.0 Å². The van der Waals surface area contributed by atoms with Crippen LogP contribution in [0.25, 0.3) is 0 Å². The van der Waals surface area contributed by atoms with E-state index in [4.69, 9.17) is 9.84 Å². The van der Waals surface area contributed by atoms with E-state index in [1.807, 2.05) is 0 Å². The van der Waals surface area contributed by atoms with Crippen molar-refractivity contribution in [3.63, 3.8) is 0 Å². The van der Waals surface area contributed by atoms with Crippen molar-refractivity contribution in [1.29, 1.82) is 0 Å². The predicted molar refractivity (Wildman–Crippen MR) is 68.0 cm³/mol. The molecule has 1 aliphatic carbocycles. The maximum Gasteiger partial charge on any atom is 0.304 e. The van der Waals surface area contributed by atoms with Gasteiger partial charge in [-0.2, -0.15) is 0 Å². The lowest BCUT2D eigenvalue weighted by atomic mass is 9.91. The van der Waals surface area contributed by atoms with Gasteiger partial charge in [0.05, 0.1) is 6.42 Å². The number of ether oxygens (including phenoxy) is 1. The molecule has 1 aliphatic heterocycles. The van der Waals surface area contributed by atoms with Gasteiger partial charge in [0, 0.05) is 11.8 Å². The molecule has 2 aliphatic rings. The van der Waals surface area contributed by atoms with Gasteiger partial charge in [0.15, 0.2) is 0 Å². The largest absolute Gasteiger partial charge is 0.487 e. The first kappa shape index (κ1) is 11.6. The van der Waals surface area contributed by atoms with Crippen molar-refractivity contribution in [3.8, 4) is 5.75 Å². The second-order valence-corrected chi connectivity index (χ2v) is 6.21. The molecule has 18 heavy (non-hydrogen) atoms. The van der Waals surface area contributed by atoms with Gasteiger partial charge in [0.1, 0.15) is 11.4 Å². The quantitative estimate of drug-likeness (QED) is 0.892. The zero-order valence-electron chi connectivity index (χ0n) is 10.8. The van der Waals surface area contributed by atoms with Crippen LogP contribution in [0, 0.1) is 0 Å². The second-order valence-electron chi connectivity index (χ2n) is 6.21. The van der Waals surface area contributed by atoms with Gasteiger partial charge in [0.25, 0.3) is 0 Å². The Morgan fingerprint density at radius 1 is 1.39 bits per heavy atom. The van der Waals surface area contributed by atoms with E-state index in [-0.39, 0.29) is 17.4 Å². The lowest BCUT2D eigenvalue weighted by Gasteiger charge is -2.18. The molecule has 3 nitrogen and oxygen atoms in total. The minimum Gasteiger partial charge on any atom is -0.487 e. The third-order valence-corrected chi connectivity index (χ3v) is 4.03. The van der Waals surface area contributed by atoms with Crippen LogP contribution in [0.3, 0.4) is 0 Å². The van der Waals surface area contributed by atoms with Gasteiger partial charge >= 0.3 is 5.97 Å². The summed E-state index contributed by atoms with van der Waals surface area (Å²) in [7, 11) is 0. The second kappa shape index (κ2) is 3.50. The summed E-state index contributed by atoms with van der Waals surface area (Å²) in [4.78, 5) is 10.9. The molecule has 1 aromatic carbocycles. The molecular formula is C15H18O3. The smallest absolute Gasteiger partial charge is 0.304 e. The predicted octanol–water partition coefficient (Wildman–Crippen LogP) is 2.91. The topological polar surface area (TPSA) is 46.5 Å². The zero-order valence-corrected chi connectivity index (χ0v) is 10.8. The first-order valence-corrected chi connectivity index (χ1v) is 6.45. The fraction of sp³-hybridized carbons (Fsp3) is 0.533. The van der Waals surface area contributed by atoms with Gasteiger partial charge in [0.2, 0.25) is 0 Å². The molecule has 0 saturated heterocycles. The Bertz CT molecular complexity index is 512. The number of benzene rings is 1. The average Bonchev–Trinajstić information content (AvgIpc) is 2.92. The Kier molecular flexibility index (Phi) is 2.25. The van der Waals surface area contributed by atoms with Gasteiger partial charge in [-0.1, -0.05) is 12.1 Å². The summed E-state index contributed by atoms with van der Waals surface area (Å²) in [5, 5.41) is 9.00. The highest BCUT2D eigenvalue weighted by Crippen LogP contribution is 2.52. The van der Waals surface area contributed by atoms with E-state index in [1.165, 1.54) is 5.56 Å². The molecule has 1 N–H and O–H groups in total. The highest BCUT2D eigenvalue weighted by molar-refractivity contribution is 5.70. The van der Waals surface area contributed by atoms with Crippen molar-refractivity contribution in [3.05, 3.63) is 29.3 Å². The number of hydrogen-bond donors (Lipinski definition) is 1. The van der Waals surface area contributed by atoms with Crippen LogP contribution in [0.4, 0.5) is 0 Å². The van der Waals surface area contributed by atoms with E-state index < -0.39 is 5.97 Å². The van der Waals surface area contributed by atoms with Crippen LogP contribution in [0.1, 0.15) is 44.2 Å². The molecule has 0 amide bonds. The lowest BCUT2D eigenvalue weighted by Crippen LogP contribution is -2.24. The van der Waals surface area contributed by atoms with Crippen LogP contribution in [-0.2, 0) is 16.6 Å². The molecule has 3 heteroatoms. The highest BCUT2D eigenvalue weighted by Gasteiger charge is 2.46. The molecule has 1 aromatic rings. The van der Waals surface area contributed by atoms with Crippen LogP contribution in [-0.4, -0.2) is 16.7 Å². The summed E-state index contributed by atoms with van der Waals surface area (Å²) in [6.45, 7) is 4.16. The highest BCUT2D eigenvalue weighted by atomic mass is 16.5. The summed E-state index contributed by atoms with van der Waals surface area (Å²) >= 11 is 0. The molecule has 1 fully saturated rings. The molecule has 0 bridgehead atoms. The van der Waals surface area contributed by atoms with Gasteiger partial charge in [-0.15, -0.1) is 0 Å². The minimum absolute atomic E-state index is 0.128. The molecule has 3 rings (SSSR count). The SMILES string of the molecule is CC1(C)Cc2ccc(C3(CC(=O)O)CC3)cc2O1. The van der Waals surface area contributed by atoms with E-state index in [1.54, 1.807) is 0 Å². The summed E-state index contributed by atoms with van der Waals surface area (Å²) < 4.78 is 5.92. The van der Waals surface area contributed by atoms with E-state index in [0.717, 1.165) is 30.6 Å². The summed E-state index contributed by atoms with van der Waals surface area (Å²) in [5.41, 5.74) is 2.10.